The number of aromatic nitrogens is 5. The number of nitrogens with two attached hydrogens (primary N) is 1. The van der Waals surface area contributed by atoms with E-state index in [0.717, 1.165) is 33.7 Å². The molecule has 0 bridgehead atoms. The maximum atomic E-state index is 9.44. The zero-order valence-electron chi connectivity index (χ0n) is 16.2. The number of nitriles is 1. The number of nitrogen functional groups attached to an aromatic ring is 1. The third kappa shape index (κ3) is 2.91. The van der Waals surface area contributed by atoms with Crippen LogP contribution in [-0.4, -0.2) is 24.6 Å². The van der Waals surface area contributed by atoms with Crippen LogP contribution in [0.1, 0.15) is 35.3 Å². The van der Waals surface area contributed by atoms with Crippen LogP contribution < -0.4 is 11.1 Å². The molecule has 3 aromatic heterocycles. The summed E-state index contributed by atoms with van der Waals surface area (Å²) in [6.07, 6.45) is 3.31. The van der Waals surface area contributed by atoms with Crippen LogP contribution in [0.15, 0.2) is 42.9 Å². The zero-order valence-corrected chi connectivity index (χ0v) is 16.2. The van der Waals surface area contributed by atoms with Crippen molar-refractivity contribution in [2.75, 3.05) is 11.1 Å². The minimum absolute atomic E-state index is 0.141. The van der Waals surface area contributed by atoms with Gasteiger partial charge in [-0.25, -0.2) is 19.5 Å². The van der Waals surface area contributed by atoms with Crippen LogP contribution in [0.3, 0.4) is 0 Å². The van der Waals surface area contributed by atoms with Crippen molar-refractivity contribution < 1.29 is 4.74 Å². The van der Waals surface area contributed by atoms with Gasteiger partial charge in [-0.3, -0.25) is 0 Å². The fourth-order valence-electron chi connectivity index (χ4n) is 3.64. The van der Waals surface area contributed by atoms with Crippen LogP contribution in [0.2, 0.25) is 0 Å². The number of hydrogen-bond acceptors (Lipinski definition) is 8. The lowest BCUT2D eigenvalue weighted by Gasteiger charge is -2.19. The Morgan fingerprint density at radius 3 is 2.87 bits per heavy atom. The molecule has 148 valence electrons. The molecule has 1 aromatic carbocycles. The molecule has 0 radical (unpaired) electrons. The SMILES string of the molecule is C[C@H](Nc1ncnc(N)c1C#N)c1cn2nc3c(c2nc1-c1ccccc1)COC3. The fourth-order valence-corrected chi connectivity index (χ4v) is 3.64. The second-order valence-electron chi connectivity index (χ2n) is 7.06. The highest BCUT2D eigenvalue weighted by Gasteiger charge is 2.24. The Balaban J connectivity index is 1.64. The summed E-state index contributed by atoms with van der Waals surface area (Å²) in [5, 5.41) is 17.3. The van der Waals surface area contributed by atoms with Gasteiger partial charge in [0.05, 0.1) is 30.6 Å². The molecule has 9 heteroatoms. The number of rotatable bonds is 4. The second kappa shape index (κ2) is 7.09. The first-order valence-electron chi connectivity index (χ1n) is 9.47. The molecule has 1 atom stereocenters. The Morgan fingerprint density at radius 1 is 1.23 bits per heavy atom. The molecule has 30 heavy (non-hydrogen) atoms. The quantitative estimate of drug-likeness (QED) is 0.537. The highest BCUT2D eigenvalue weighted by atomic mass is 16.5. The maximum absolute atomic E-state index is 9.44. The number of anilines is 2. The average molecular weight is 398 g/mol. The van der Waals surface area contributed by atoms with Gasteiger partial charge in [-0.15, -0.1) is 0 Å². The third-order valence-corrected chi connectivity index (χ3v) is 5.16. The number of nitrogens with one attached hydrogen (secondary N) is 1. The van der Waals surface area contributed by atoms with Crippen molar-refractivity contribution in [3.8, 4) is 17.3 Å². The topological polar surface area (TPSA) is 127 Å². The van der Waals surface area contributed by atoms with Crippen molar-refractivity contribution in [2.45, 2.75) is 26.2 Å². The molecule has 0 saturated carbocycles. The molecule has 5 rings (SSSR count). The Kier molecular flexibility index (Phi) is 4.26. The summed E-state index contributed by atoms with van der Waals surface area (Å²) in [5.41, 5.74) is 11.5. The number of ether oxygens (including phenoxy) is 1. The van der Waals surface area contributed by atoms with Gasteiger partial charge in [0.15, 0.2) is 5.65 Å². The molecule has 0 fully saturated rings. The van der Waals surface area contributed by atoms with Gasteiger partial charge in [-0.2, -0.15) is 10.4 Å². The van der Waals surface area contributed by atoms with Crippen LogP contribution >= 0.6 is 0 Å². The third-order valence-electron chi connectivity index (χ3n) is 5.16. The predicted octanol–water partition coefficient (Wildman–Crippen LogP) is 2.84. The van der Waals surface area contributed by atoms with E-state index in [1.807, 2.05) is 43.5 Å². The van der Waals surface area contributed by atoms with E-state index in [0.29, 0.717) is 19.0 Å². The molecule has 0 aliphatic carbocycles. The minimum Gasteiger partial charge on any atom is -0.382 e. The van der Waals surface area contributed by atoms with Gasteiger partial charge in [0.25, 0.3) is 0 Å². The lowest BCUT2D eigenvalue weighted by molar-refractivity contribution is 0.132. The van der Waals surface area contributed by atoms with Crippen molar-refractivity contribution >= 4 is 17.3 Å². The molecule has 0 unspecified atom stereocenters. The summed E-state index contributed by atoms with van der Waals surface area (Å²) in [6, 6.07) is 11.8. The van der Waals surface area contributed by atoms with Gasteiger partial charge in [-0.05, 0) is 6.92 Å². The minimum atomic E-state index is -0.228. The van der Waals surface area contributed by atoms with Gasteiger partial charge in [-0.1, -0.05) is 30.3 Å². The number of benzene rings is 1. The van der Waals surface area contributed by atoms with Crippen LogP contribution in [0.4, 0.5) is 11.6 Å². The van der Waals surface area contributed by atoms with Crippen LogP contribution in [0.25, 0.3) is 16.9 Å². The molecule has 1 aliphatic rings. The molecule has 4 aromatic rings. The first-order valence-corrected chi connectivity index (χ1v) is 9.47. The van der Waals surface area contributed by atoms with E-state index in [9.17, 15) is 5.26 Å². The summed E-state index contributed by atoms with van der Waals surface area (Å²) in [4.78, 5) is 13.0. The number of fused-ring (bicyclic) bond motifs is 3. The normalized spacial score (nSPS) is 13.7. The Hall–Kier alpha value is -4.03. The summed E-state index contributed by atoms with van der Waals surface area (Å²) in [6.45, 7) is 2.99. The fraction of sp³-hybridized carbons (Fsp3) is 0.190. The maximum Gasteiger partial charge on any atom is 0.161 e. The van der Waals surface area contributed by atoms with E-state index in [2.05, 4.69) is 26.5 Å². The highest BCUT2D eigenvalue weighted by molar-refractivity contribution is 5.69. The average Bonchev–Trinajstić information content (AvgIpc) is 3.35. The first-order chi connectivity index (χ1) is 14.7. The predicted molar refractivity (Wildman–Crippen MR) is 110 cm³/mol. The van der Waals surface area contributed by atoms with Crippen LogP contribution in [0, 0.1) is 11.3 Å². The molecule has 9 nitrogen and oxygen atoms in total. The zero-order chi connectivity index (χ0) is 20.7. The summed E-state index contributed by atoms with van der Waals surface area (Å²) in [5.74, 6) is 0.524. The standard InChI is InChI=1S/C21H18N8O/c1-12(26-20-14(7-22)19(23)24-11-25-20)15-8-29-21(16-9-30-10-17(16)28-29)27-18(15)13-5-3-2-4-6-13/h2-6,8,11-12H,9-10H2,1H3,(H3,23,24,25,26)/t12-/m0/s1. The van der Waals surface area contributed by atoms with Crippen LogP contribution in [-0.2, 0) is 18.0 Å². The van der Waals surface area contributed by atoms with Gasteiger partial charge >= 0.3 is 0 Å². The van der Waals surface area contributed by atoms with Crippen molar-refractivity contribution in [3.63, 3.8) is 0 Å². The van der Waals surface area contributed by atoms with Gasteiger partial charge in [0.1, 0.15) is 29.6 Å². The van der Waals surface area contributed by atoms with Gasteiger partial charge < -0.3 is 15.8 Å². The Morgan fingerprint density at radius 2 is 2.07 bits per heavy atom. The molecular formula is C21H18N8O. The summed E-state index contributed by atoms with van der Waals surface area (Å²) in [7, 11) is 0. The Labute approximate surface area is 172 Å². The molecule has 4 heterocycles. The van der Waals surface area contributed by atoms with Crippen molar-refractivity contribution in [3.05, 3.63) is 65.2 Å². The van der Waals surface area contributed by atoms with E-state index in [1.54, 1.807) is 4.52 Å². The molecule has 0 amide bonds. The van der Waals surface area contributed by atoms with Crippen molar-refractivity contribution in [2.24, 2.45) is 0 Å². The lowest BCUT2D eigenvalue weighted by Crippen LogP contribution is -2.14. The van der Waals surface area contributed by atoms with Gasteiger partial charge in [0.2, 0.25) is 0 Å². The number of nitrogens with zero attached hydrogens (tertiary/aromatic N) is 6. The van der Waals surface area contributed by atoms with Gasteiger partial charge in [0, 0.05) is 22.9 Å². The smallest absolute Gasteiger partial charge is 0.161 e. The van der Waals surface area contributed by atoms with Crippen LogP contribution in [0.5, 0.6) is 0 Å². The first kappa shape index (κ1) is 18.0. The largest absolute Gasteiger partial charge is 0.382 e. The Bertz CT molecular complexity index is 1290. The van der Waals surface area contributed by atoms with Crippen molar-refractivity contribution in [1.82, 2.24) is 24.6 Å². The van der Waals surface area contributed by atoms with E-state index >= 15 is 0 Å². The molecule has 1 aliphatic heterocycles. The lowest BCUT2D eigenvalue weighted by atomic mass is 10.0. The van der Waals surface area contributed by atoms with Crippen molar-refractivity contribution in [1.29, 1.82) is 5.26 Å². The van der Waals surface area contributed by atoms with E-state index in [-0.39, 0.29) is 17.4 Å². The summed E-state index contributed by atoms with van der Waals surface area (Å²) < 4.78 is 7.32. The molecule has 0 saturated heterocycles. The summed E-state index contributed by atoms with van der Waals surface area (Å²) >= 11 is 0. The molecule has 3 N–H and O–H groups in total. The van der Waals surface area contributed by atoms with E-state index in [1.165, 1.54) is 6.33 Å². The van der Waals surface area contributed by atoms with E-state index < -0.39 is 0 Å². The molecule has 0 spiro atoms. The highest BCUT2D eigenvalue weighted by Crippen LogP contribution is 2.32. The monoisotopic (exact) mass is 398 g/mol. The number of hydrogen-bond donors (Lipinski definition) is 2. The second-order valence-corrected chi connectivity index (χ2v) is 7.06. The molecular weight excluding hydrogens is 380 g/mol. The van der Waals surface area contributed by atoms with E-state index in [4.69, 9.17) is 15.5 Å².